The molecule has 4 unspecified atom stereocenters. The Morgan fingerprint density at radius 3 is 2.91 bits per heavy atom. The molecule has 2 fully saturated rings. The smallest absolute Gasteiger partial charge is 0.128 e. The quantitative estimate of drug-likeness (QED) is 0.390. The Morgan fingerprint density at radius 2 is 2.15 bits per heavy atom. The lowest BCUT2D eigenvalue weighted by atomic mass is 9.54. The van der Waals surface area contributed by atoms with Crippen LogP contribution in [0, 0.1) is 19.3 Å². The number of thioether (sulfide) groups is 1. The topological polar surface area (TPSA) is 48.5 Å². The Bertz CT molecular complexity index is 1290. The Labute approximate surface area is 205 Å². The summed E-state index contributed by atoms with van der Waals surface area (Å²) in [5, 5.41) is 13.8. The van der Waals surface area contributed by atoms with Crippen molar-refractivity contribution in [3.63, 3.8) is 0 Å². The highest BCUT2D eigenvalue weighted by molar-refractivity contribution is 8.02. The van der Waals surface area contributed by atoms with Crippen molar-refractivity contribution in [3.05, 3.63) is 77.3 Å². The summed E-state index contributed by atoms with van der Waals surface area (Å²) in [4.78, 5) is 7.16. The number of rotatable bonds is 8. The number of ether oxygens (including phenoxy) is 1. The van der Waals surface area contributed by atoms with Crippen molar-refractivity contribution in [2.45, 2.75) is 56.2 Å². The van der Waals surface area contributed by atoms with Crippen LogP contribution >= 0.6 is 11.8 Å². The second-order valence-electron chi connectivity index (χ2n) is 10.2. The SMILES string of the molecule is C=CSc1ccc(C2=CC34CCC3N(CC(O)COc3cccc5[nH]c(C)cc35)C4C2)cc1C. The average molecular weight is 473 g/mol. The first-order valence-electron chi connectivity index (χ1n) is 12.2. The summed E-state index contributed by atoms with van der Waals surface area (Å²) in [5.74, 6) is 0.834. The number of nitrogens with one attached hydrogen (secondary N) is 1. The molecule has 2 aromatic carbocycles. The maximum Gasteiger partial charge on any atom is 0.128 e. The van der Waals surface area contributed by atoms with Gasteiger partial charge in [-0.3, -0.25) is 4.90 Å². The molecular weight excluding hydrogens is 440 g/mol. The van der Waals surface area contributed by atoms with Gasteiger partial charge in [-0.05, 0) is 79.5 Å². The third kappa shape index (κ3) is 3.44. The van der Waals surface area contributed by atoms with Crippen LogP contribution < -0.4 is 4.74 Å². The highest BCUT2D eigenvalue weighted by atomic mass is 32.2. The molecule has 3 aromatic rings. The minimum Gasteiger partial charge on any atom is -0.490 e. The third-order valence-corrected chi connectivity index (χ3v) is 8.99. The maximum absolute atomic E-state index is 10.9. The molecule has 1 spiro atoms. The van der Waals surface area contributed by atoms with Crippen LogP contribution in [0.5, 0.6) is 5.75 Å². The highest BCUT2D eigenvalue weighted by Crippen LogP contribution is 2.65. The van der Waals surface area contributed by atoms with E-state index in [1.54, 1.807) is 11.8 Å². The number of H-pyrrole nitrogens is 1. The number of hydrogen-bond acceptors (Lipinski definition) is 4. The number of nitrogens with zero attached hydrogens (tertiary/aromatic N) is 1. The number of aliphatic hydroxyl groups excluding tert-OH is 1. The molecule has 1 aromatic heterocycles. The normalized spacial score (nSPS) is 26.3. The van der Waals surface area contributed by atoms with Gasteiger partial charge in [-0.2, -0.15) is 0 Å². The zero-order valence-corrected chi connectivity index (χ0v) is 20.7. The number of aromatic amines is 1. The standard InChI is InChI=1S/C29H32N2O2S/c1-4-34-26-9-8-20(12-18(26)2)21-14-28-29(15-21)11-10-27(29)31(28)16-22(32)17-33-25-7-5-6-24-23(25)13-19(3)30-24/h4-9,12-13,15,22,27-28,30,32H,1,10-11,14,16-17H2,2-3H3. The minimum atomic E-state index is -0.504. The number of aliphatic hydroxyl groups is 1. The van der Waals surface area contributed by atoms with Crippen molar-refractivity contribution in [2.75, 3.05) is 13.2 Å². The van der Waals surface area contributed by atoms with Gasteiger partial charge in [-0.1, -0.05) is 42.6 Å². The molecule has 34 heavy (non-hydrogen) atoms. The summed E-state index contributed by atoms with van der Waals surface area (Å²) in [6.07, 6.45) is 5.63. The van der Waals surface area contributed by atoms with Crippen molar-refractivity contribution < 1.29 is 9.84 Å². The Hall–Kier alpha value is -2.47. The van der Waals surface area contributed by atoms with Crippen LogP contribution in [0.15, 0.2) is 65.4 Å². The lowest BCUT2D eigenvalue weighted by Gasteiger charge is -2.68. The lowest BCUT2D eigenvalue weighted by molar-refractivity contribution is -0.178. The fourth-order valence-electron chi connectivity index (χ4n) is 6.48. The molecule has 0 amide bonds. The Morgan fingerprint density at radius 1 is 1.26 bits per heavy atom. The van der Waals surface area contributed by atoms with Crippen molar-refractivity contribution in [2.24, 2.45) is 5.41 Å². The van der Waals surface area contributed by atoms with E-state index in [-0.39, 0.29) is 0 Å². The van der Waals surface area contributed by atoms with Crippen LogP contribution in [-0.2, 0) is 0 Å². The fourth-order valence-corrected chi connectivity index (χ4v) is 7.05. The molecule has 1 saturated heterocycles. The van der Waals surface area contributed by atoms with Gasteiger partial charge >= 0.3 is 0 Å². The van der Waals surface area contributed by atoms with E-state index in [4.69, 9.17) is 4.74 Å². The Balaban J connectivity index is 1.11. The van der Waals surface area contributed by atoms with E-state index in [0.717, 1.165) is 28.8 Å². The first kappa shape index (κ1) is 22.0. The van der Waals surface area contributed by atoms with Gasteiger partial charge in [0.15, 0.2) is 0 Å². The summed E-state index contributed by atoms with van der Waals surface area (Å²) in [7, 11) is 0. The summed E-state index contributed by atoms with van der Waals surface area (Å²) in [6.45, 7) is 9.06. The first-order valence-corrected chi connectivity index (χ1v) is 13.1. The molecule has 2 N–H and O–H groups in total. The number of aromatic nitrogens is 1. The van der Waals surface area contributed by atoms with E-state index in [0.29, 0.717) is 30.7 Å². The number of fused-ring (bicyclic) bond motifs is 1. The van der Waals surface area contributed by atoms with E-state index in [1.807, 2.05) is 24.5 Å². The molecule has 2 heterocycles. The molecule has 0 radical (unpaired) electrons. The largest absolute Gasteiger partial charge is 0.490 e. The van der Waals surface area contributed by atoms with Gasteiger partial charge in [0.25, 0.3) is 0 Å². The molecule has 5 heteroatoms. The second kappa shape index (κ2) is 8.33. The van der Waals surface area contributed by atoms with Gasteiger partial charge in [-0.15, -0.1) is 0 Å². The molecule has 3 aliphatic rings. The van der Waals surface area contributed by atoms with Crippen molar-refractivity contribution >= 4 is 28.2 Å². The Kier molecular flexibility index (Phi) is 5.40. The highest BCUT2D eigenvalue weighted by Gasteiger charge is 2.66. The summed E-state index contributed by atoms with van der Waals surface area (Å²) in [6, 6.07) is 16.0. The van der Waals surface area contributed by atoms with Crippen LogP contribution in [0.1, 0.15) is 36.1 Å². The van der Waals surface area contributed by atoms with E-state index >= 15 is 0 Å². The van der Waals surface area contributed by atoms with Gasteiger partial charge in [0.05, 0.1) is 0 Å². The molecule has 4 atom stereocenters. The predicted molar refractivity (Wildman–Crippen MR) is 140 cm³/mol. The van der Waals surface area contributed by atoms with Gasteiger partial charge in [0, 0.05) is 45.5 Å². The van der Waals surface area contributed by atoms with Crippen LogP contribution in [0.2, 0.25) is 0 Å². The average Bonchev–Trinajstić information content (AvgIpc) is 3.38. The number of piperidine rings is 1. The lowest BCUT2D eigenvalue weighted by Crippen LogP contribution is -2.75. The first-order chi connectivity index (χ1) is 16.5. The summed E-state index contributed by atoms with van der Waals surface area (Å²) < 4.78 is 6.07. The summed E-state index contributed by atoms with van der Waals surface area (Å²) in [5.41, 5.74) is 6.63. The third-order valence-electron chi connectivity index (χ3n) is 8.12. The second-order valence-corrected chi connectivity index (χ2v) is 11.2. The number of β-amino-alcohol motifs (C(OH)–C–C–N with tert-alkyl or cyclic N) is 1. The summed E-state index contributed by atoms with van der Waals surface area (Å²) >= 11 is 1.68. The molecule has 2 aliphatic carbocycles. The maximum atomic E-state index is 10.9. The number of benzene rings is 2. The van der Waals surface area contributed by atoms with Crippen LogP contribution in [0.25, 0.3) is 16.5 Å². The van der Waals surface area contributed by atoms with Gasteiger partial charge < -0.3 is 14.8 Å². The van der Waals surface area contributed by atoms with E-state index < -0.39 is 6.10 Å². The van der Waals surface area contributed by atoms with Gasteiger partial charge in [0.1, 0.15) is 18.5 Å². The van der Waals surface area contributed by atoms with Crippen molar-refractivity contribution in [3.8, 4) is 5.75 Å². The molecular formula is C29H32N2O2S. The van der Waals surface area contributed by atoms with Gasteiger partial charge in [0.2, 0.25) is 0 Å². The minimum absolute atomic E-state index is 0.314. The fraction of sp³-hybridized carbons (Fsp3) is 0.379. The number of aryl methyl sites for hydroxylation is 2. The van der Waals surface area contributed by atoms with Gasteiger partial charge in [-0.25, -0.2) is 0 Å². The van der Waals surface area contributed by atoms with Crippen molar-refractivity contribution in [1.82, 2.24) is 9.88 Å². The molecule has 4 nitrogen and oxygen atoms in total. The van der Waals surface area contributed by atoms with Crippen LogP contribution in [-0.4, -0.2) is 46.3 Å². The van der Waals surface area contributed by atoms with E-state index in [9.17, 15) is 5.11 Å². The van der Waals surface area contributed by atoms with E-state index in [1.165, 1.54) is 34.4 Å². The zero-order chi connectivity index (χ0) is 23.4. The molecule has 0 bridgehead atoms. The molecule has 1 aliphatic heterocycles. The molecule has 6 rings (SSSR count). The van der Waals surface area contributed by atoms with E-state index in [2.05, 4.69) is 59.8 Å². The monoisotopic (exact) mass is 472 g/mol. The number of hydrogen-bond donors (Lipinski definition) is 2. The molecule has 1 saturated carbocycles. The number of likely N-dealkylation sites (tertiary alicyclic amines) is 1. The molecule has 176 valence electrons. The van der Waals surface area contributed by atoms with Crippen LogP contribution in [0.4, 0.5) is 0 Å². The van der Waals surface area contributed by atoms with Crippen molar-refractivity contribution in [1.29, 1.82) is 0 Å². The predicted octanol–water partition coefficient (Wildman–Crippen LogP) is 6.08. The van der Waals surface area contributed by atoms with Crippen LogP contribution in [0.3, 0.4) is 0 Å². The zero-order valence-electron chi connectivity index (χ0n) is 19.9.